The lowest BCUT2D eigenvalue weighted by Gasteiger charge is -2.21. The van der Waals surface area contributed by atoms with Crippen LogP contribution in [0.2, 0.25) is 0 Å². The zero-order valence-electron chi connectivity index (χ0n) is 17.7. The number of aliphatic carboxylic acids is 1. The van der Waals surface area contributed by atoms with E-state index in [-0.39, 0.29) is 30.7 Å². The summed E-state index contributed by atoms with van der Waals surface area (Å²) in [6, 6.07) is 10.2. The number of hydrogen-bond donors (Lipinski definition) is 3. The Morgan fingerprint density at radius 2 is 2.03 bits per heavy atom. The number of benzene rings is 1. The summed E-state index contributed by atoms with van der Waals surface area (Å²) in [5, 5.41) is 29.7. The molecule has 30 heavy (non-hydrogen) atoms. The van der Waals surface area contributed by atoms with Crippen LogP contribution in [0.4, 0.5) is 0 Å². The Bertz CT molecular complexity index is 673. The van der Waals surface area contributed by atoms with Gasteiger partial charge >= 0.3 is 5.97 Å². The van der Waals surface area contributed by atoms with Gasteiger partial charge in [-0.15, -0.1) is 0 Å². The second-order valence-electron chi connectivity index (χ2n) is 8.99. The molecule has 1 saturated carbocycles. The molecule has 1 aliphatic heterocycles. The molecule has 166 valence electrons. The van der Waals surface area contributed by atoms with Crippen LogP contribution in [0.15, 0.2) is 42.5 Å². The number of rotatable bonds is 10. The molecule has 0 aromatic heterocycles. The fourth-order valence-electron chi connectivity index (χ4n) is 4.97. The van der Waals surface area contributed by atoms with Crippen molar-refractivity contribution in [1.29, 1.82) is 0 Å². The van der Waals surface area contributed by atoms with Crippen LogP contribution in [0, 0.1) is 17.8 Å². The summed E-state index contributed by atoms with van der Waals surface area (Å²) < 4.78 is 6.12. The van der Waals surface area contributed by atoms with E-state index in [0.717, 1.165) is 32.1 Å². The molecule has 1 aliphatic carbocycles. The molecule has 0 unspecified atom stereocenters. The van der Waals surface area contributed by atoms with E-state index in [2.05, 4.69) is 18.2 Å². The molecule has 5 nitrogen and oxygen atoms in total. The third-order valence-corrected chi connectivity index (χ3v) is 6.72. The Labute approximate surface area is 179 Å². The van der Waals surface area contributed by atoms with Crippen LogP contribution >= 0.6 is 0 Å². The normalized spacial score (nSPS) is 30.1. The molecule has 1 aromatic carbocycles. The lowest BCUT2D eigenvalue weighted by Crippen LogP contribution is -2.21. The van der Waals surface area contributed by atoms with E-state index in [0.29, 0.717) is 37.7 Å². The lowest BCUT2D eigenvalue weighted by atomic mass is 9.86. The Morgan fingerprint density at radius 3 is 2.80 bits per heavy atom. The molecular weight excluding hydrogens is 380 g/mol. The van der Waals surface area contributed by atoms with Gasteiger partial charge in [0.25, 0.3) is 0 Å². The minimum absolute atomic E-state index is 0.0779. The largest absolute Gasteiger partial charge is 0.481 e. The van der Waals surface area contributed by atoms with E-state index in [9.17, 15) is 15.0 Å². The Balaban J connectivity index is 1.44. The first-order valence-corrected chi connectivity index (χ1v) is 11.4. The van der Waals surface area contributed by atoms with Crippen LogP contribution in [0.3, 0.4) is 0 Å². The van der Waals surface area contributed by atoms with Gasteiger partial charge in [-0.1, -0.05) is 42.5 Å². The monoisotopic (exact) mass is 416 g/mol. The molecule has 2 fully saturated rings. The van der Waals surface area contributed by atoms with Crippen molar-refractivity contribution in [2.24, 2.45) is 17.8 Å². The van der Waals surface area contributed by atoms with E-state index in [1.165, 1.54) is 5.56 Å². The predicted molar refractivity (Wildman–Crippen MR) is 116 cm³/mol. The van der Waals surface area contributed by atoms with Crippen molar-refractivity contribution in [3.05, 3.63) is 48.0 Å². The van der Waals surface area contributed by atoms with E-state index in [1.807, 2.05) is 24.3 Å². The van der Waals surface area contributed by atoms with Gasteiger partial charge in [0, 0.05) is 25.4 Å². The third kappa shape index (κ3) is 6.93. The summed E-state index contributed by atoms with van der Waals surface area (Å²) in [5.41, 5.74) is 1.24. The van der Waals surface area contributed by atoms with Gasteiger partial charge in [0.05, 0.1) is 18.3 Å². The van der Waals surface area contributed by atoms with E-state index in [1.54, 1.807) is 0 Å². The minimum atomic E-state index is -0.735. The summed E-state index contributed by atoms with van der Waals surface area (Å²) in [6.45, 7) is 0.669. The average Bonchev–Trinajstić information content (AvgIpc) is 2.89. The molecule has 6 atom stereocenters. The fourth-order valence-corrected chi connectivity index (χ4v) is 4.97. The maximum Gasteiger partial charge on any atom is 0.303 e. The molecule has 0 bridgehead atoms. The number of carboxylic acids is 1. The van der Waals surface area contributed by atoms with E-state index < -0.39 is 5.97 Å². The van der Waals surface area contributed by atoms with Crippen molar-refractivity contribution in [2.45, 2.75) is 76.1 Å². The predicted octanol–water partition coefficient (Wildman–Crippen LogP) is 3.97. The van der Waals surface area contributed by atoms with Crippen LogP contribution in [0.25, 0.3) is 0 Å². The first-order chi connectivity index (χ1) is 14.5. The second-order valence-corrected chi connectivity index (χ2v) is 8.99. The topological polar surface area (TPSA) is 87.0 Å². The van der Waals surface area contributed by atoms with Gasteiger partial charge in [-0.2, -0.15) is 0 Å². The lowest BCUT2D eigenvalue weighted by molar-refractivity contribution is -0.137. The molecule has 0 amide bonds. The van der Waals surface area contributed by atoms with Crippen LogP contribution in [-0.4, -0.2) is 46.2 Å². The van der Waals surface area contributed by atoms with E-state index >= 15 is 0 Å². The van der Waals surface area contributed by atoms with Gasteiger partial charge in [0.2, 0.25) is 0 Å². The quantitative estimate of drug-likeness (QED) is 0.502. The Kier molecular flexibility index (Phi) is 8.91. The van der Waals surface area contributed by atoms with Gasteiger partial charge in [0.1, 0.15) is 0 Å². The van der Waals surface area contributed by atoms with E-state index in [4.69, 9.17) is 9.84 Å². The standard InChI is InChI=1S/C25H36O5/c26-20(14-12-18-6-2-1-3-7-18)9-5-10-21-22-15-13-19(8-4-11-25(28)29)17-30-24(22)16-23(21)27/h1-3,5-7,10,19-24,26-27H,4,8-9,11-17H2,(H,28,29)/b10-5+/t19-,20-,21+,22+,23+,24-/m0/s1. The zero-order valence-corrected chi connectivity index (χ0v) is 17.7. The molecule has 1 saturated heterocycles. The molecule has 5 heteroatoms. The number of aliphatic hydroxyl groups excluding tert-OH is 2. The number of hydrogen-bond acceptors (Lipinski definition) is 4. The summed E-state index contributed by atoms with van der Waals surface area (Å²) in [6.07, 6.45) is 10.2. The third-order valence-electron chi connectivity index (χ3n) is 6.72. The Morgan fingerprint density at radius 1 is 1.23 bits per heavy atom. The van der Waals surface area contributed by atoms with Crippen LogP contribution in [-0.2, 0) is 16.0 Å². The van der Waals surface area contributed by atoms with Gasteiger partial charge < -0.3 is 20.1 Å². The Hall–Kier alpha value is -1.69. The fraction of sp³-hybridized carbons (Fsp3) is 0.640. The molecule has 1 heterocycles. The molecule has 3 rings (SSSR count). The second kappa shape index (κ2) is 11.6. The van der Waals surface area contributed by atoms with Gasteiger partial charge in [-0.05, 0) is 62.3 Å². The molecular formula is C25H36O5. The van der Waals surface area contributed by atoms with Crippen LogP contribution in [0.5, 0.6) is 0 Å². The van der Waals surface area contributed by atoms with Crippen molar-refractivity contribution in [3.63, 3.8) is 0 Å². The number of ether oxygens (including phenoxy) is 1. The van der Waals surface area contributed by atoms with Crippen molar-refractivity contribution in [2.75, 3.05) is 6.61 Å². The van der Waals surface area contributed by atoms with Gasteiger partial charge in [0.15, 0.2) is 0 Å². The van der Waals surface area contributed by atoms with Crippen molar-refractivity contribution in [1.82, 2.24) is 0 Å². The average molecular weight is 417 g/mol. The molecule has 2 aliphatic rings. The van der Waals surface area contributed by atoms with Crippen LogP contribution in [0.1, 0.15) is 56.9 Å². The highest BCUT2D eigenvalue weighted by molar-refractivity contribution is 5.66. The van der Waals surface area contributed by atoms with Crippen molar-refractivity contribution in [3.8, 4) is 0 Å². The summed E-state index contributed by atoms with van der Waals surface area (Å²) in [7, 11) is 0. The molecule has 3 N–H and O–H groups in total. The number of fused-ring (bicyclic) bond motifs is 1. The maximum absolute atomic E-state index is 10.7. The SMILES string of the molecule is O=C(O)CCC[C@H]1CC[C@@H]2[C@@H](/C=C/C[C@H](O)CCc3ccccc3)[C@H](O)C[C@@H]2OC1. The van der Waals surface area contributed by atoms with Crippen molar-refractivity contribution < 1.29 is 24.9 Å². The number of carbonyl (C=O) groups is 1. The highest BCUT2D eigenvalue weighted by atomic mass is 16.5. The number of aliphatic hydroxyl groups is 2. The minimum Gasteiger partial charge on any atom is -0.481 e. The number of aryl methyl sites for hydroxylation is 1. The highest BCUT2D eigenvalue weighted by Gasteiger charge is 2.43. The molecule has 1 aromatic rings. The zero-order chi connectivity index (χ0) is 21.3. The van der Waals surface area contributed by atoms with Crippen molar-refractivity contribution >= 4 is 5.97 Å². The highest BCUT2D eigenvalue weighted by Crippen LogP contribution is 2.42. The summed E-state index contributed by atoms with van der Waals surface area (Å²) in [4.78, 5) is 10.7. The van der Waals surface area contributed by atoms with Gasteiger partial charge in [-0.25, -0.2) is 0 Å². The van der Waals surface area contributed by atoms with Gasteiger partial charge in [-0.3, -0.25) is 4.79 Å². The first-order valence-electron chi connectivity index (χ1n) is 11.4. The summed E-state index contributed by atoms with van der Waals surface area (Å²) in [5.74, 6) is 0.0634. The maximum atomic E-state index is 10.7. The first kappa shape index (κ1) is 23.0. The van der Waals surface area contributed by atoms with Crippen LogP contribution < -0.4 is 0 Å². The number of carboxylic acid groups (broad SMARTS) is 1. The smallest absolute Gasteiger partial charge is 0.303 e. The molecule has 0 spiro atoms. The summed E-state index contributed by atoms with van der Waals surface area (Å²) >= 11 is 0. The molecule has 0 radical (unpaired) electrons.